The summed E-state index contributed by atoms with van der Waals surface area (Å²) in [6.07, 6.45) is 0. The highest BCUT2D eigenvalue weighted by atomic mass is 79.9. The molecule has 0 atom stereocenters. The maximum Gasteiger partial charge on any atom is 0.284 e. The lowest BCUT2D eigenvalue weighted by Crippen LogP contribution is -2.24. The fraction of sp³-hybridized carbons (Fsp3) is 0.0833. The van der Waals surface area contributed by atoms with E-state index >= 15 is 0 Å². The Hall–Kier alpha value is -3.89. The maximum atomic E-state index is 12.9. The summed E-state index contributed by atoms with van der Waals surface area (Å²) < 4.78 is 2.15. The van der Waals surface area contributed by atoms with Gasteiger partial charge in [0.25, 0.3) is 11.6 Å². The van der Waals surface area contributed by atoms with Crippen molar-refractivity contribution in [3.63, 3.8) is 0 Å². The smallest absolute Gasteiger partial charge is 0.284 e. The van der Waals surface area contributed by atoms with Crippen molar-refractivity contribution in [1.82, 2.24) is 20.0 Å². The number of para-hydroxylation sites is 1. The minimum absolute atomic E-state index is 0.0466. The number of carbonyl (C=O) groups is 1. The van der Waals surface area contributed by atoms with Crippen LogP contribution in [0.15, 0.2) is 70.2 Å². The van der Waals surface area contributed by atoms with Gasteiger partial charge >= 0.3 is 0 Å². The Kier molecular flexibility index (Phi) is 5.91. The molecule has 0 saturated carbocycles. The third-order valence-corrected chi connectivity index (χ3v) is 6.43. The topological polar surface area (TPSA) is 115 Å². The number of nitrogens with zero attached hydrogens (tertiary/aromatic N) is 5. The van der Waals surface area contributed by atoms with Gasteiger partial charge in [0.05, 0.1) is 31.7 Å². The van der Waals surface area contributed by atoms with Gasteiger partial charge in [-0.2, -0.15) is 5.10 Å². The quantitative estimate of drug-likeness (QED) is 0.173. The molecule has 0 unspecified atom stereocenters. The molecule has 5 rings (SSSR count). The molecule has 0 aliphatic carbocycles. The van der Waals surface area contributed by atoms with E-state index in [1.54, 1.807) is 41.8 Å². The van der Waals surface area contributed by atoms with E-state index in [0.29, 0.717) is 43.0 Å². The lowest BCUT2D eigenvalue weighted by atomic mass is 10.1. The summed E-state index contributed by atoms with van der Waals surface area (Å²) in [5, 5.41) is 16.8. The van der Waals surface area contributed by atoms with Crippen molar-refractivity contribution in [1.29, 1.82) is 0 Å². The molecule has 0 spiro atoms. The van der Waals surface area contributed by atoms with Crippen LogP contribution >= 0.6 is 27.5 Å². The van der Waals surface area contributed by atoms with Gasteiger partial charge in [0.1, 0.15) is 12.1 Å². The predicted octanol–water partition coefficient (Wildman–Crippen LogP) is 5.60. The summed E-state index contributed by atoms with van der Waals surface area (Å²) in [6, 6.07) is 17.6. The van der Waals surface area contributed by atoms with E-state index < -0.39 is 4.92 Å². The molecule has 1 amide bonds. The van der Waals surface area contributed by atoms with Crippen LogP contribution in [0.4, 0.5) is 5.69 Å². The summed E-state index contributed by atoms with van der Waals surface area (Å²) >= 11 is 9.29. The molecule has 1 N–H and O–H groups in total. The van der Waals surface area contributed by atoms with Crippen molar-refractivity contribution in [2.75, 3.05) is 0 Å². The standard InChI is InChI=1S/C24H16BrClN6O3/c1-13(14-6-8-17(25)21(10-14)32(34)35)29-30-22(33)12-31-20-5-3-2-4-16(20)23-24(31)28-18-9-7-15(26)11-19(18)27-23/h2-11H,12H2,1H3,(H,30,33)/b29-13-. The van der Waals surface area contributed by atoms with Crippen molar-refractivity contribution in [2.45, 2.75) is 13.5 Å². The second-order valence-corrected chi connectivity index (χ2v) is 9.08. The number of nitrogens with one attached hydrogen (secondary N) is 1. The molecule has 174 valence electrons. The second-order valence-electron chi connectivity index (χ2n) is 7.79. The minimum atomic E-state index is -0.486. The van der Waals surface area contributed by atoms with Crippen LogP contribution in [-0.4, -0.2) is 31.1 Å². The number of nitro benzene ring substituents is 1. The zero-order chi connectivity index (χ0) is 24.7. The van der Waals surface area contributed by atoms with Crippen LogP contribution in [0.2, 0.25) is 5.02 Å². The van der Waals surface area contributed by atoms with Crippen molar-refractivity contribution >= 4 is 77.9 Å². The SMILES string of the molecule is C/C(=N/NC(=O)Cn1c2ccccc2c2nc3cc(Cl)ccc3nc21)c1ccc(Br)c([N+](=O)[O-])c1. The molecule has 35 heavy (non-hydrogen) atoms. The van der Waals surface area contributed by atoms with E-state index in [2.05, 4.69) is 26.5 Å². The number of nitro groups is 1. The zero-order valence-corrected chi connectivity index (χ0v) is 20.5. The Morgan fingerprint density at radius 1 is 1.14 bits per heavy atom. The second kappa shape index (κ2) is 9.05. The third-order valence-electron chi connectivity index (χ3n) is 5.52. The Bertz CT molecular complexity index is 1700. The summed E-state index contributed by atoms with van der Waals surface area (Å²) in [4.78, 5) is 33.1. The molecule has 0 aliphatic rings. The highest BCUT2D eigenvalue weighted by Gasteiger charge is 2.17. The fourth-order valence-corrected chi connectivity index (χ4v) is 4.40. The van der Waals surface area contributed by atoms with Gasteiger partial charge in [-0.25, -0.2) is 15.4 Å². The number of hydrogen-bond acceptors (Lipinski definition) is 6. The summed E-state index contributed by atoms with van der Waals surface area (Å²) in [6.45, 7) is 1.62. The number of carbonyl (C=O) groups excluding carboxylic acids is 1. The molecule has 2 aromatic heterocycles. The number of aromatic nitrogens is 3. The number of benzene rings is 3. The molecular weight excluding hydrogens is 536 g/mol. The molecule has 0 radical (unpaired) electrons. The molecule has 3 aromatic carbocycles. The van der Waals surface area contributed by atoms with Crippen LogP contribution < -0.4 is 5.43 Å². The molecule has 0 bridgehead atoms. The van der Waals surface area contributed by atoms with Crippen LogP contribution in [0.25, 0.3) is 33.1 Å². The molecular formula is C24H16BrClN6O3. The van der Waals surface area contributed by atoms with E-state index in [1.165, 1.54) is 6.07 Å². The van der Waals surface area contributed by atoms with E-state index in [4.69, 9.17) is 21.6 Å². The molecule has 0 fully saturated rings. The maximum absolute atomic E-state index is 12.9. The van der Waals surface area contributed by atoms with Gasteiger partial charge in [0.2, 0.25) is 0 Å². The number of halogens is 2. The number of hydrogen-bond donors (Lipinski definition) is 1. The average Bonchev–Trinajstić information content (AvgIpc) is 3.13. The van der Waals surface area contributed by atoms with E-state index in [-0.39, 0.29) is 18.1 Å². The Morgan fingerprint density at radius 2 is 1.94 bits per heavy atom. The normalized spacial score (nSPS) is 11.9. The Balaban J connectivity index is 1.48. The van der Waals surface area contributed by atoms with Gasteiger partial charge in [0.15, 0.2) is 5.65 Å². The van der Waals surface area contributed by atoms with Gasteiger partial charge in [-0.15, -0.1) is 0 Å². The van der Waals surface area contributed by atoms with Crippen molar-refractivity contribution in [3.05, 3.63) is 85.8 Å². The highest BCUT2D eigenvalue weighted by Crippen LogP contribution is 2.29. The largest absolute Gasteiger partial charge is 0.314 e. The molecule has 0 aliphatic heterocycles. The van der Waals surface area contributed by atoms with Crippen molar-refractivity contribution in [2.24, 2.45) is 5.10 Å². The first kappa shape index (κ1) is 22.9. The Morgan fingerprint density at radius 3 is 2.74 bits per heavy atom. The van der Waals surface area contributed by atoms with E-state index in [9.17, 15) is 14.9 Å². The fourth-order valence-electron chi connectivity index (χ4n) is 3.84. The Labute approximate surface area is 211 Å². The first-order valence-electron chi connectivity index (χ1n) is 10.4. The van der Waals surface area contributed by atoms with Crippen LogP contribution in [0.1, 0.15) is 12.5 Å². The molecule has 2 heterocycles. The average molecular weight is 552 g/mol. The number of amides is 1. The van der Waals surface area contributed by atoms with Gasteiger partial charge < -0.3 is 4.57 Å². The first-order chi connectivity index (χ1) is 16.8. The first-order valence-corrected chi connectivity index (χ1v) is 11.6. The number of rotatable bonds is 5. The molecule has 0 saturated heterocycles. The van der Waals surface area contributed by atoms with Crippen LogP contribution in [-0.2, 0) is 11.3 Å². The third kappa shape index (κ3) is 4.33. The van der Waals surface area contributed by atoms with Crippen molar-refractivity contribution in [3.8, 4) is 0 Å². The molecule has 9 nitrogen and oxygen atoms in total. The predicted molar refractivity (Wildman–Crippen MR) is 139 cm³/mol. The zero-order valence-electron chi connectivity index (χ0n) is 18.2. The molecule has 11 heteroatoms. The van der Waals surface area contributed by atoms with Gasteiger partial charge in [0, 0.05) is 22.0 Å². The summed E-state index contributed by atoms with van der Waals surface area (Å²) in [7, 11) is 0. The molecule has 5 aromatic rings. The van der Waals surface area contributed by atoms with Crippen LogP contribution in [0, 0.1) is 10.1 Å². The lowest BCUT2D eigenvalue weighted by molar-refractivity contribution is -0.385. The van der Waals surface area contributed by atoms with Crippen molar-refractivity contribution < 1.29 is 9.72 Å². The van der Waals surface area contributed by atoms with Gasteiger partial charge in [-0.05, 0) is 53.2 Å². The van der Waals surface area contributed by atoms with E-state index in [1.807, 2.05) is 24.3 Å². The van der Waals surface area contributed by atoms with Gasteiger partial charge in [-0.1, -0.05) is 35.9 Å². The highest BCUT2D eigenvalue weighted by molar-refractivity contribution is 9.10. The monoisotopic (exact) mass is 550 g/mol. The number of hydrazone groups is 1. The summed E-state index contributed by atoms with van der Waals surface area (Å²) in [5.74, 6) is -0.378. The van der Waals surface area contributed by atoms with Gasteiger partial charge in [-0.3, -0.25) is 14.9 Å². The minimum Gasteiger partial charge on any atom is -0.314 e. The number of fused-ring (bicyclic) bond motifs is 4. The van der Waals surface area contributed by atoms with E-state index in [0.717, 1.165) is 10.9 Å². The summed E-state index contributed by atoms with van der Waals surface area (Å²) in [5.41, 5.74) is 6.79. The van der Waals surface area contributed by atoms with Crippen LogP contribution in [0.3, 0.4) is 0 Å². The van der Waals surface area contributed by atoms with Crippen LogP contribution in [0.5, 0.6) is 0 Å². The lowest BCUT2D eigenvalue weighted by Gasteiger charge is -2.07.